The van der Waals surface area contributed by atoms with E-state index in [0.29, 0.717) is 24.1 Å². The predicted octanol–water partition coefficient (Wildman–Crippen LogP) is 2.61. The van der Waals surface area contributed by atoms with Crippen molar-refractivity contribution in [2.45, 2.75) is 45.1 Å². The van der Waals surface area contributed by atoms with Crippen molar-refractivity contribution in [1.29, 1.82) is 0 Å². The monoisotopic (exact) mass is 371 g/mol. The Labute approximate surface area is 148 Å². The van der Waals surface area contributed by atoms with Crippen LogP contribution in [0.1, 0.15) is 44.1 Å². The van der Waals surface area contributed by atoms with E-state index in [1.165, 1.54) is 7.11 Å². The van der Waals surface area contributed by atoms with Gasteiger partial charge < -0.3 is 10.1 Å². The van der Waals surface area contributed by atoms with Crippen molar-refractivity contribution in [2.24, 2.45) is 0 Å². The molecule has 0 aliphatic heterocycles. The van der Waals surface area contributed by atoms with Crippen molar-refractivity contribution in [3.8, 4) is 0 Å². The summed E-state index contributed by atoms with van der Waals surface area (Å²) >= 11 is 0. The van der Waals surface area contributed by atoms with Gasteiger partial charge in [-0.25, -0.2) is 0 Å². The highest BCUT2D eigenvalue weighted by atomic mass is 32.2. The quantitative estimate of drug-likeness (QED) is 0.365. The number of benzene rings is 1. The third kappa shape index (κ3) is 10.5. The van der Waals surface area contributed by atoms with Crippen molar-refractivity contribution in [2.75, 3.05) is 18.7 Å². The summed E-state index contributed by atoms with van der Waals surface area (Å²) in [6, 6.07) is 6.81. The van der Waals surface area contributed by atoms with Gasteiger partial charge in [0.2, 0.25) is 5.91 Å². The fourth-order valence-corrected chi connectivity index (χ4v) is 2.44. The maximum absolute atomic E-state index is 11.9. The highest BCUT2D eigenvalue weighted by molar-refractivity contribution is 7.85. The highest BCUT2D eigenvalue weighted by Gasteiger charge is 2.05. The lowest BCUT2D eigenvalue weighted by Gasteiger charge is -2.07. The first-order valence-electron chi connectivity index (χ1n) is 8.10. The number of anilines is 1. The van der Waals surface area contributed by atoms with Crippen molar-refractivity contribution in [3.63, 3.8) is 0 Å². The Bertz CT molecular complexity index is 654. The second-order valence-electron chi connectivity index (χ2n) is 5.70. The van der Waals surface area contributed by atoms with Gasteiger partial charge in [0.05, 0.1) is 20.0 Å². The number of methoxy groups -OCH3 is 1. The van der Waals surface area contributed by atoms with Crippen LogP contribution >= 0.6 is 0 Å². The number of ether oxygens (including phenoxy) is 1. The third-order valence-corrected chi connectivity index (χ3v) is 3.99. The van der Waals surface area contributed by atoms with Crippen LogP contribution in [-0.2, 0) is 35.2 Å². The summed E-state index contributed by atoms with van der Waals surface area (Å²) < 4.78 is 31.1. The lowest BCUT2D eigenvalue weighted by Crippen LogP contribution is -2.11. The second-order valence-corrected chi connectivity index (χ2v) is 7.35. The summed E-state index contributed by atoms with van der Waals surface area (Å²) in [5, 5.41) is 2.79. The fraction of sp³-hybridized carbons (Fsp3) is 0.529. The maximum Gasteiger partial charge on any atom is 0.305 e. The lowest BCUT2D eigenvalue weighted by atomic mass is 10.1. The zero-order chi connectivity index (χ0) is 18.7. The molecule has 0 aliphatic carbocycles. The van der Waals surface area contributed by atoms with Gasteiger partial charge in [-0.3, -0.25) is 13.8 Å². The predicted molar refractivity (Wildman–Crippen MR) is 94.4 cm³/mol. The molecule has 7 nitrogen and oxygen atoms in total. The van der Waals surface area contributed by atoms with Crippen LogP contribution in [0.25, 0.3) is 0 Å². The van der Waals surface area contributed by atoms with Crippen molar-refractivity contribution in [1.82, 2.24) is 0 Å². The van der Waals surface area contributed by atoms with Gasteiger partial charge >= 0.3 is 5.97 Å². The number of hydrogen-bond acceptors (Lipinski definition) is 6. The minimum Gasteiger partial charge on any atom is -0.469 e. The van der Waals surface area contributed by atoms with Crippen LogP contribution in [0.15, 0.2) is 24.3 Å². The largest absolute Gasteiger partial charge is 0.469 e. The number of rotatable bonds is 11. The van der Waals surface area contributed by atoms with E-state index >= 15 is 0 Å². The van der Waals surface area contributed by atoms with Crippen LogP contribution in [0.4, 0.5) is 5.69 Å². The first-order valence-corrected chi connectivity index (χ1v) is 9.92. The SMILES string of the molecule is COC(=O)CCCCCCC(=O)Nc1ccc(COS(C)(=O)=O)cc1. The van der Waals surface area contributed by atoms with Gasteiger partial charge in [-0.05, 0) is 30.5 Å². The average Bonchev–Trinajstić information content (AvgIpc) is 2.56. The molecule has 0 fully saturated rings. The molecule has 25 heavy (non-hydrogen) atoms. The number of carbonyl (C=O) groups excluding carboxylic acids is 2. The average molecular weight is 371 g/mol. The Morgan fingerprint density at radius 3 is 2.16 bits per heavy atom. The molecule has 1 N–H and O–H groups in total. The molecule has 1 amide bonds. The molecule has 8 heteroatoms. The second kappa shape index (κ2) is 10.8. The van der Waals surface area contributed by atoms with E-state index in [0.717, 1.165) is 31.9 Å². The molecule has 0 saturated heterocycles. The smallest absolute Gasteiger partial charge is 0.305 e. The first kappa shape index (κ1) is 21.1. The number of carbonyl (C=O) groups is 2. The standard InChI is InChI=1S/C17H25NO6S/c1-23-17(20)8-6-4-3-5-7-16(19)18-15-11-9-14(10-12-15)13-24-25(2,21)22/h9-12H,3-8,13H2,1-2H3,(H,18,19). The third-order valence-electron chi connectivity index (χ3n) is 3.44. The van der Waals surface area contributed by atoms with E-state index in [2.05, 4.69) is 10.1 Å². The Hall–Kier alpha value is -1.93. The Kier molecular flexibility index (Phi) is 9.15. The zero-order valence-electron chi connectivity index (χ0n) is 14.6. The normalized spacial score (nSPS) is 11.1. The summed E-state index contributed by atoms with van der Waals surface area (Å²) in [7, 11) is -2.10. The topological polar surface area (TPSA) is 98.8 Å². The molecular weight excluding hydrogens is 346 g/mol. The van der Waals surface area contributed by atoms with Gasteiger partial charge in [0, 0.05) is 18.5 Å². The van der Waals surface area contributed by atoms with Gasteiger partial charge in [-0.15, -0.1) is 0 Å². The van der Waals surface area contributed by atoms with Gasteiger partial charge in [0.15, 0.2) is 0 Å². The molecule has 0 aliphatic rings. The van der Waals surface area contributed by atoms with Crippen LogP contribution in [-0.4, -0.2) is 33.7 Å². The zero-order valence-corrected chi connectivity index (χ0v) is 15.4. The molecular formula is C17H25NO6S. The van der Waals surface area contributed by atoms with Crippen molar-refractivity contribution in [3.05, 3.63) is 29.8 Å². The molecule has 0 atom stereocenters. The van der Waals surface area contributed by atoms with Gasteiger partial charge in [0.25, 0.3) is 10.1 Å². The van der Waals surface area contributed by atoms with E-state index in [1.807, 2.05) is 0 Å². The summed E-state index contributed by atoms with van der Waals surface area (Å²) in [5.41, 5.74) is 1.35. The van der Waals surface area contributed by atoms with Crippen LogP contribution in [0.3, 0.4) is 0 Å². The molecule has 0 radical (unpaired) electrons. The van der Waals surface area contributed by atoms with E-state index < -0.39 is 10.1 Å². The van der Waals surface area contributed by atoms with E-state index in [-0.39, 0.29) is 18.5 Å². The Balaban J connectivity index is 2.22. The minimum atomic E-state index is -3.47. The van der Waals surface area contributed by atoms with Crippen LogP contribution in [0.5, 0.6) is 0 Å². The van der Waals surface area contributed by atoms with E-state index in [9.17, 15) is 18.0 Å². The molecule has 1 rings (SSSR count). The number of esters is 1. The van der Waals surface area contributed by atoms with Gasteiger partial charge in [0.1, 0.15) is 0 Å². The summed E-state index contributed by atoms with van der Waals surface area (Å²) in [4.78, 5) is 22.8. The fourth-order valence-electron chi connectivity index (χ4n) is 2.09. The van der Waals surface area contributed by atoms with Crippen molar-refractivity contribution < 1.29 is 26.9 Å². The lowest BCUT2D eigenvalue weighted by molar-refractivity contribution is -0.140. The number of unbranched alkanes of at least 4 members (excludes halogenated alkanes) is 3. The molecule has 0 saturated carbocycles. The summed E-state index contributed by atoms with van der Waals surface area (Å²) in [5.74, 6) is -0.281. The highest BCUT2D eigenvalue weighted by Crippen LogP contribution is 2.13. The van der Waals surface area contributed by atoms with Gasteiger partial charge in [-0.1, -0.05) is 25.0 Å². The molecule has 0 bridgehead atoms. The van der Waals surface area contributed by atoms with E-state index in [4.69, 9.17) is 4.18 Å². The number of nitrogens with one attached hydrogen (secondary N) is 1. The molecule has 0 unspecified atom stereocenters. The Morgan fingerprint density at radius 2 is 1.60 bits per heavy atom. The first-order chi connectivity index (χ1) is 11.8. The maximum atomic E-state index is 11.9. The molecule has 0 spiro atoms. The van der Waals surface area contributed by atoms with Crippen LogP contribution in [0.2, 0.25) is 0 Å². The Morgan fingerprint density at radius 1 is 1.00 bits per heavy atom. The minimum absolute atomic E-state index is 0.0291. The molecule has 1 aromatic carbocycles. The molecule has 140 valence electrons. The number of amides is 1. The molecule has 1 aromatic rings. The van der Waals surface area contributed by atoms with Gasteiger partial charge in [-0.2, -0.15) is 8.42 Å². The van der Waals surface area contributed by atoms with Crippen molar-refractivity contribution >= 4 is 27.7 Å². The summed E-state index contributed by atoms with van der Waals surface area (Å²) in [6.45, 7) is -0.0291. The van der Waals surface area contributed by atoms with Crippen LogP contribution in [0, 0.1) is 0 Å². The molecule has 0 heterocycles. The summed E-state index contributed by atoms with van der Waals surface area (Å²) in [6.07, 6.45) is 5.12. The number of hydrogen-bond donors (Lipinski definition) is 1. The van der Waals surface area contributed by atoms with E-state index in [1.54, 1.807) is 24.3 Å². The molecule has 0 aromatic heterocycles. The van der Waals surface area contributed by atoms with Crippen LogP contribution < -0.4 is 5.32 Å².